The molecule has 5 heteroatoms. The average Bonchev–Trinajstić information content (AvgIpc) is 2.61. The average molecular weight is 271 g/mol. The number of ether oxygens (including phenoxy) is 1. The van der Waals surface area contributed by atoms with E-state index in [0.29, 0.717) is 6.54 Å². The van der Waals surface area contributed by atoms with Crippen molar-refractivity contribution in [1.82, 2.24) is 10.2 Å². The number of carbonyl (C=O) groups is 1. The monoisotopic (exact) mass is 271 g/mol. The Labute approximate surface area is 116 Å². The maximum Gasteiger partial charge on any atom is 0.224 e. The van der Waals surface area contributed by atoms with Crippen LogP contribution in [0.2, 0.25) is 0 Å². The zero-order valence-corrected chi connectivity index (χ0v) is 12.4. The van der Waals surface area contributed by atoms with Crippen LogP contribution in [0, 0.1) is 5.92 Å². The molecule has 112 valence electrons. The van der Waals surface area contributed by atoms with Gasteiger partial charge in [-0.15, -0.1) is 0 Å². The van der Waals surface area contributed by atoms with Crippen molar-refractivity contribution >= 4 is 5.91 Å². The third kappa shape index (κ3) is 6.36. The van der Waals surface area contributed by atoms with Gasteiger partial charge in [-0.1, -0.05) is 19.3 Å². The Morgan fingerprint density at radius 1 is 1.32 bits per heavy atom. The molecule has 1 saturated carbocycles. The first-order valence-corrected chi connectivity index (χ1v) is 7.36. The number of hydrogen-bond donors (Lipinski definition) is 2. The van der Waals surface area contributed by atoms with Crippen LogP contribution in [0.15, 0.2) is 0 Å². The highest BCUT2D eigenvalue weighted by atomic mass is 16.5. The molecular formula is C14H29N3O2. The van der Waals surface area contributed by atoms with E-state index in [1.54, 1.807) is 7.11 Å². The van der Waals surface area contributed by atoms with Gasteiger partial charge in [-0.25, -0.2) is 0 Å². The number of rotatable bonds is 7. The Hall–Kier alpha value is -0.650. The van der Waals surface area contributed by atoms with E-state index in [1.807, 2.05) is 7.05 Å². The molecule has 1 rings (SSSR count). The number of nitrogens with zero attached hydrogens (tertiary/aromatic N) is 1. The molecule has 0 bridgehead atoms. The fourth-order valence-electron chi connectivity index (χ4n) is 2.52. The molecule has 1 aliphatic rings. The van der Waals surface area contributed by atoms with Gasteiger partial charge in [-0.05, 0) is 19.9 Å². The normalized spacial score (nSPS) is 24.2. The topological polar surface area (TPSA) is 67.6 Å². The lowest BCUT2D eigenvalue weighted by Gasteiger charge is -2.22. The van der Waals surface area contributed by atoms with E-state index in [1.165, 1.54) is 6.42 Å². The van der Waals surface area contributed by atoms with Crippen LogP contribution in [-0.2, 0) is 9.53 Å². The number of nitrogens with one attached hydrogen (secondary N) is 1. The van der Waals surface area contributed by atoms with Crippen LogP contribution in [-0.4, -0.2) is 57.2 Å². The molecule has 0 saturated heterocycles. The molecule has 0 aromatic carbocycles. The Bertz CT molecular complexity index is 261. The van der Waals surface area contributed by atoms with Gasteiger partial charge in [0.05, 0.1) is 12.5 Å². The van der Waals surface area contributed by atoms with Crippen molar-refractivity contribution in [3.63, 3.8) is 0 Å². The lowest BCUT2D eigenvalue weighted by molar-refractivity contribution is -0.125. The first-order valence-electron chi connectivity index (χ1n) is 7.36. The first-order chi connectivity index (χ1) is 9.15. The highest BCUT2D eigenvalue weighted by Gasteiger charge is 2.26. The van der Waals surface area contributed by atoms with Gasteiger partial charge >= 0.3 is 0 Å². The molecule has 0 aromatic heterocycles. The number of hydrogen-bond acceptors (Lipinski definition) is 4. The van der Waals surface area contributed by atoms with Crippen molar-refractivity contribution in [3.8, 4) is 0 Å². The van der Waals surface area contributed by atoms with E-state index in [0.717, 1.165) is 45.4 Å². The predicted molar refractivity (Wildman–Crippen MR) is 76.9 cm³/mol. The third-order valence-corrected chi connectivity index (χ3v) is 3.88. The largest absolute Gasteiger partial charge is 0.383 e. The summed E-state index contributed by atoms with van der Waals surface area (Å²) in [5.74, 6) is 0.140. The van der Waals surface area contributed by atoms with E-state index >= 15 is 0 Å². The minimum absolute atomic E-state index is 0.00628. The van der Waals surface area contributed by atoms with Crippen LogP contribution in [0.1, 0.15) is 32.1 Å². The van der Waals surface area contributed by atoms with Gasteiger partial charge < -0.3 is 20.7 Å². The predicted octanol–water partition coefficient (Wildman–Crippen LogP) is 0.588. The summed E-state index contributed by atoms with van der Waals surface area (Å²) < 4.78 is 5.02. The van der Waals surface area contributed by atoms with Crippen molar-refractivity contribution in [2.24, 2.45) is 11.7 Å². The number of nitrogens with two attached hydrogens (primary N) is 1. The van der Waals surface area contributed by atoms with Crippen LogP contribution in [0.25, 0.3) is 0 Å². The van der Waals surface area contributed by atoms with Crippen molar-refractivity contribution in [3.05, 3.63) is 0 Å². The summed E-state index contributed by atoms with van der Waals surface area (Å²) in [6.45, 7) is 3.13. The second-order valence-corrected chi connectivity index (χ2v) is 5.50. The quantitative estimate of drug-likeness (QED) is 0.665. The Morgan fingerprint density at radius 3 is 2.79 bits per heavy atom. The summed E-state index contributed by atoms with van der Waals surface area (Å²) in [6, 6.07) is 0.0359. The summed E-state index contributed by atoms with van der Waals surface area (Å²) in [5, 5.41) is 3.02. The molecule has 1 fully saturated rings. The van der Waals surface area contributed by atoms with Crippen molar-refractivity contribution in [2.45, 2.75) is 38.1 Å². The fourth-order valence-corrected chi connectivity index (χ4v) is 2.52. The van der Waals surface area contributed by atoms with Gasteiger partial charge in [-0.3, -0.25) is 4.79 Å². The highest BCUT2D eigenvalue weighted by Crippen LogP contribution is 2.22. The Balaban J connectivity index is 2.22. The van der Waals surface area contributed by atoms with E-state index in [9.17, 15) is 4.79 Å². The molecule has 0 radical (unpaired) electrons. The minimum Gasteiger partial charge on any atom is -0.383 e. The molecular weight excluding hydrogens is 242 g/mol. The molecule has 2 atom stereocenters. The molecule has 1 amide bonds. The number of carbonyl (C=O) groups excluding carboxylic acids is 1. The van der Waals surface area contributed by atoms with Gasteiger partial charge in [0.25, 0.3) is 0 Å². The zero-order valence-electron chi connectivity index (χ0n) is 12.4. The summed E-state index contributed by atoms with van der Waals surface area (Å²) in [6.07, 6.45) is 5.40. The molecule has 2 unspecified atom stereocenters. The molecule has 19 heavy (non-hydrogen) atoms. The first kappa shape index (κ1) is 16.4. The lowest BCUT2D eigenvalue weighted by atomic mass is 9.94. The molecule has 5 nitrogen and oxygen atoms in total. The number of amides is 1. The van der Waals surface area contributed by atoms with Crippen LogP contribution in [0.5, 0.6) is 0 Å². The molecule has 0 spiro atoms. The maximum absolute atomic E-state index is 12.1. The van der Waals surface area contributed by atoms with E-state index in [2.05, 4.69) is 10.2 Å². The van der Waals surface area contributed by atoms with Crippen LogP contribution in [0.4, 0.5) is 0 Å². The molecule has 0 aromatic rings. The van der Waals surface area contributed by atoms with Crippen LogP contribution >= 0.6 is 0 Å². The summed E-state index contributed by atoms with van der Waals surface area (Å²) in [5.41, 5.74) is 6.09. The van der Waals surface area contributed by atoms with E-state index < -0.39 is 0 Å². The second-order valence-electron chi connectivity index (χ2n) is 5.50. The molecule has 0 heterocycles. The second kappa shape index (κ2) is 9.28. The van der Waals surface area contributed by atoms with E-state index in [4.69, 9.17) is 10.5 Å². The molecule has 1 aliphatic carbocycles. The molecule has 0 aliphatic heterocycles. The molecule has 3 N–H and O–H groups in total. The van der Waals surface area contributed by atoms with Gasteiger partial charge in [0.1, 0.15) is 0 Å². The van der Waals surface area contributed by atoms with Gasteiger partial charge in [0, 0.05) is 32.8 Å². The summed E-state index contributed by atoms with van der Waals surface area (Å²) in [4.78, 5) is 14.3. The van der Waals surface area contributed by atoms with Gasteiger partial charge in [-0.2, -0.15) is 0 Å². The number of likely N-dealkylation sites (N-methyl/N-ethyl adjacent to an activating group) is 1. The van der Waals surface area contributed by atoms with Crippen molar-refractivity contribution < 1.29 is 9.53 Å². The highest BCUT2D eigenvalue weighted by molar-refractivity contribution is 5.79. The van der Waals surface area contributed by atoms with E-state index in [-0.39, 0.29) is 17.9 Å². The Kier molecular flexibility index (Phi) is 8.02. The SMILES string of the molecule is COCCN(C)CCNC(=O)C1CCCCCC1N. The van der Waals surface area contributed by atoms with Gasteiger partial charge in [0.15, 0.2) is 0 Å². The minimum atomic E-state index is 0.00628. The summed E-state index contributed by atoms with van der Waals surface area (Å²) in [7, 11) is 3.73. The maximum atomic E-state index is 12.1. The zero-order chi connectivity index (χ0) is 14.1. The van der Waals surface area contributed by atoms with Crippen molar-refractivity contribution in [2.75, 3.05) is 40.4 Å². The third-order valence-electron chi connectivity index (χ3n) is 3.88. The van der Waals surface area contributed by atoms with Crippen molar-refractivity contribution in [1.29, 1.82) is 0 Å². The Morgan fingerprint density at radius 2 is 2.05 bits per heavy atom. The summed E-state index contributed by atoms with van der Waals surface area (Å²) >= 11 is 0. The fraction of sp³-hybridized carbons (Fsp3) is 0.929. The lowest BCUT2D eigenvalue weighted by Crippen LogP contribution is -2.43. The number of methoxy groups -OCH3 is 1. The standard InChI is InChI=1S/C14H29N3O2/c1-17(10-11-19-2)9-8-16-14(18)12-6-4-3-5-7-13(12)15/h12-13H,3-11,15H2,1-2H3,(H,16,18). The van der Waals surface area contributed by atoms with Crippen LogP contribution in [0.3, 0.4) is 0 Å². The van der Waals surface area contributed by atoms with Gasteiger partial charge in [0.2, 0.25) is 5.91 Å². The van der Waals surface area contributed by atoms with Crippen LogP contribution < -0.4 is 11.1 Å². The smallest absolute Gasteiger partial charge is 0.224 e.